The molecule has 0 aliphatic rings. The van der Waals surface area contributed by atoms with E-state index in [1.54, 1.807) is 0 Å². The molecule has 0 atom stereocenters. The molecule has 10 heavy (non-hydrogen) atoms. The van der Waals surface area contributed by atoms with Gasteiger partial charge in [0.15, 0.2) is 0 Å². The van der Waals surface area contributed by atoms with Crippen LogP contribution < -0.4 is 30.1 Å². The summed E-state index contributed by atoms with van der Waals surface area (Å²) in [6.45, 7) is 0. The summed E-state index contributed by atoms with van der Waals surface area (Å²) < 4.78 is 0. The molecule has 0 bridgehead atoms. The fraction of sp³-hybridized carbons (Fsp3) is 0. The van der Waals surface area contributed by atoms with Gasteiger partial charge in [-0.05, 0) is 11.0 Å². The summed E-state index contributed by atoms with van der Waals surface area (Å²) in [5, 5.41) is 50.5. The predicted molar refractivity (Wildman–Crippen MR) is 22.8 cm³/mol. The second-order valence-electron chi connectivity index (χ2n) is 0.577. The number of hydrogen-bond acceptors (Lipinski definition) is 6. The van der Waals surface area contributed by atoms with Gasteiger partial charge in [0.1, 0.15) is 0 Å². The van der Waals surface area contributed by atoms with Gasteiger partial charge in [-0.25, -0.2) is 0 Å². The summed E-state index contributed by atoms with van der Waals surface area (Å²) in [4.78, 5) is 0. The molecule has 0 heterocycles. The van der Waals surface area contributed by atoms with E-state index in [4.69, 9.17) is 30.1 Å². The molecule has 0 N–H and O–H groups in total. The molecule has 0 saturated heterocycles. The van der Waals surface area contributed by atoms with Crippen LogP contribution >= 0.6 is 0 Å². The van der Waals surface area contributed by atoms with E-state index in [0.29, 0.717) is 0 Å². The van der Waals surface area contributed by atoms with Crippen LogP contribution in [0.1, 0.15) is 0 Å². The zero-order valence-electron chi connectivity index (χ0n) is 4.01. The fourth-order valence-corrected chi connectivity index (χ4v) is 0. The van der Waals surface area contributed by atoms with E-state index in [0.717, 1.165) is 0 Å². The third-order valence-corrected chi connectivity index (χ3v) is 0. The molecule has 56 valence electrons. The third-order valence-electron chi connectivity index (χ3n) is 0. The Balaban J connectivity index is -0.0000000300. The molecule has 0 aromatic heterocycles. The van der Waals surface area contributed by atoms with Crippen LogP contribution in [0.2, 0.25) is 0 Å². The Labute approximate surface area is 77.2 Å². The van der Waals surface area contributed by atoms with Crippen molar-refractivity contribution in [3.8, 4) is 0 Å². The molecule has 0 aromatic rings. The topological polar surface area (TPSA) is 138 Å². The predicted octanol–water partition coefficient (Wildman–Crippen LogP) is -9.35. The number of hydrogen-bond donors (Lipinski definition) is 0. The Bertz CT molecular complexity index is 31.2. The standard InChI is InChI=1S/2BO3.Mo.H4Si/c2*2-1(3)4;;/h;;;1H4/q2*-3;+6;. The van der Waals surface area contributed by atoms with Crippen molar-refractivity contribution in [3.05, 3.63) is 0 Å². The second-order valence-corrected chi connectivity index (χ2v) is 0.577. The molecule has 0 spiro atoms. The average molecular weight is 246 g/mol. The van der Waals surface area contributed by atoms with E-state index < -0.39 is 14.6 Å². The van der Waals surface area contributed by atoms with Crippen molar-refractivity contribution >= 4 is 25.6 Å². The van der Waals surface area contributed by atoms with Crippen LogP contribution in [-0.2, 0) is 21.1 Å². The molecule has 0 amide bonds. The SMILES string of the molecule is [Mo+6].[O-]B([O-])[O-].[O-]B([O-])[O-].[SiH4]. The van der Waals surface area contributed by atoms with Crippen molar-refractivity contribution in [2.24, 2.45) is 0 Å². The van der Waals surface area contributed by atoms with Crippen molar-refractivity contribution in [2.45, 2.75) is 0 Å². The largest absolute Gasteiger partial charge is 6.00 e. The molecular weight excluding hydrogens is 242 g/mol. The van der Waals surface area contributed by atoms with E-state index in [1.165, 1.54) is 0 Å². The Morgan fingerprint density at radius 3 is 0.600 bits per heavy atom. The summed E-state index contributed by atoms with van der Waals surface area (Å²) in [7, 11) is -5.83. The van der Waals surface area contributed by atoms with Crippen molar-refractivity contribution in [3.63, 3.8) is 0 Å². The van der Waals surface area contributed by atoms with Crippen molar-refractivity contribution in [1.29, 1.82) is 0 Å². The molecule has 0 aliphatic heterocycles. The van der Waals surface area contributed by atoms with Crippen LogP contribution in [0.4, 0.5) is 0 Å². The molecule has 0 aliphatic carbocycles. The van der Waals surface area contributed by atoms with Gasteiger partial charge in [-0.3, -0.25) is 14.6 Å². The molecule has 0 radical (unpaired) electrons. The van der Waals surface area contributed by atoms with Crippen molar-refractivity contribution in [2.75, 3.05) is 0 Å². The number of rotatable bonds is 0. The van der Waals surface area contributed by atoms with E-state index in [1.807, 2.05) is 0 Å². The Morgan fingerprint density at radius 2 is 0.600 bits per heavy atom. The Kier molecular flexibility index (Phi) is 36.8. The maximum Gasteiger partial charge on any atom is 6.00 e. The van der Waals surface area contributed by atoms with Crippen LogP contribution in [-0.4, -0.2) is 25.6 Å². The minimum atomic E-state index is -2.92. The van der Waals surface area contributed by atoms with Crippen molar-refractivity contribution in [1.82, 2.24) is 0 Å². The van der Waals surface area contributed by atoms with Gasteiger partial charge in [0.05, 0.1) is 0 Å². The summed E-state index contributed by atoms with van der Waals surface area (Å²) in [5.74, 6) is 0. The van der Waals surface area contributed by atoms with Crippen LogP contribution in [0.15, 0.2) is 0 Å². The Morgan fingerprint density at radius 1 is 0.600 bits per heavy atom. The van der Waals surface area contributed by atoms with E-state index in [2.05, 4.69) is 0 Å². The first-order chi connectivity index (χ1) is 3.46. The van der Waals surface area contributed by atoms with Gasteiger partial charge in [0, 0.05) is 0 Å². The van der Waals surface area contributed by atoms with Crippen molar-refractivity contribution < 1.29 is 51.2 Å². The van der Waals surface area contributed by atoms with Gasteiger partial charge < -0.3 is 30.1 Å². The van der Waals surface area contributed by atoms with E-state index in [9.17, 15) is 0 Å². The molecule has 0 aromatic carbocycles. The molecular formula is H4B2MoO6Si. The van der Waals surface area contributed by atoms with Gasteiger partial charge in [-0.15, -0.1) is 0 Å². The third kappa shape index (κ3) is 845. The quantitative estimate of drug-likeness (QED) is 0.388. The van der Waals surface area contributed by atoms with Gasteiger partial charge in [0.25, 0.3) is 0 Å². The van der Waals surface area contributed by atoms with E-state index in [-0.39, 0.29) is 32.0 Å². The summed E-state index contributed by atoms with van der Waals surface area (Å²) in [6.07, 6.45) is 0. The summed E-state index contributed by atoms with van der Waals surface area (Å²) in [5.41, 5.74) is 0. The van der Waals surface area contributed by atoms with Gasteiger partial charge in [0.2, 0.25) is 0 Å². The van der Waals surface area contributed by atoms with Gasteiger partial charge in [-0.2, -0.15) is 0 Å². The molecule has 0 saturated carbocycles. The minimum absolute atomic E-state index is 0. The summed E-state index contributed by atoms with van der Waals surface area (Å²) >= 11 is 0. The maximum atomic E-state index is 8.42. The molecule has 0 unspecified atom stereocenters. The summed E-state index contributed by atoms with van der Waals surface area (Å²) in [6, 6.07) is 0. The van der Waals surface area contributed by atoms with E-state index >= 15 is 0 Å². The maximum absolute atomic E-state index is 8.42. The van der Waals surface area contributed by atoms with Crippen LogP contribution in [0.5, 0.6) is 0 Å². The minimum Gasteiger partial charge on any atom is -0.907 e. The average Bonchev–Trinajstić information content (AvgIpc) is 1.25. The molecule has 0 fully saturated rings. The first-order valence-electron chi connectivity index (χ1n) is 1.41. The van der Waals surface area contributed by atoms with Crippen LogP contribution in [0, 0.1) is 0 Å². The zero-order valence-corrected chi connectivity index (χ0v) is 6.02. The van der Waals surface area contributed by atoms with Crippen LogP contribution in [0.25, 0.3) is 0 Å². The molecule has 6 nitrogen and oxygen atoms in total. The van der Waals surface area contributed by atoms with Crippen LogP contribution in [0.3, 0.4) is 0 Å². The first kappa shape index (κ1) is 22.4. The normalized spacial score (nSPS) is 5.40. The fourth-order valence-electron chi connectivity index (χ4n) is 0. The smallest absolute Gasteiger partial charge is 0.907 e. The monoisotopic (exact) mass is 248 g/mol. The molecule has 10 heteroatoms. The Hall–Kier alpha value is 0.795. The first-order valence-corrected chi connectivity index (χ1v) is 1.41. The molecule has 0 rings (SSSR count). The van der Waals surface area contributed by atoms with Gasteiger partial charge >= 0.3 is 21.1 Å². The van der Waals surface area contributed by atoms with Gasteiger partial charge in [-0.1, -0.05) is 0 Å². The zero-order chi connectivity index (χ0) is 7.15. The second kappa shape index (κ2) is 16.4.